The molecule has 2 N–H and O–H groups in total. The minimum Gasteiger partial charge on any atom is -0.222 e. The maximum absolute atomic E-state index is 8.35. The Morgan fingerprint density at radius 3 is 1.06 bits per heavy atom. The second-order valence-corrected chi connectivity index (χ2v) is 5.00. The quantitative estimate of drug-likeness (QED) is 0.547. The van der Waals surface area contributed by atoms with Crippen molar-refractivity contribution in [2.75, 3.05) is 0 Å². The molecule has 0 aliphatic heterocycles. The summed E-state index contributed by atoms with van der Waals surface area (Å²) < 4.78 is 0. The van der Waals surface area contributed by atoms with E-state index in [2.05, 4.69) is 0 Å². The van der Waals surface area contributed by atoms with Crippen molar-refractivity contribution >= 4 is 12.2 Å². The summed E-state index contributed by atoms with van der Waals surface area (Å²) >= 11 is 0. The van der Waals surface area contributed by atoms with Crippen molar-refractivity contribution in [1.82, 2.24) is 0 Å². The maximum atomic E-state index is 8.35. The average Bonchev–Trinajstić information content (AvgIpc) is 2.43. The van der Waals surface area contributed by atoms with Gasteiger partial charge in [-0.1, -0.05) is 64.2 Å². The summed E-state index contributed by atoms with van der Waals surface area (Å²) in [5.41, 5.74) is 0. The Bertz CT molecular complexity index is 227. The summed E-state index contributed by atoms with van der Waals surface area (Å²) in [6.07, 6.45) is 16.9. The molecule has 0 heterocycles. The number of carbonyl (C=O) groups excluding carboxylic acids is 2. The van der Waals surface area contributed by atoms with Gasteiger partial charge in [-0.25, -0.2) is 20.4 Å². The Balaban J connectivity index is 0.000000414. The zero-order chi connectivity index (χ0) is 13.6. The summed E-state index contributed by atoms with van der Waals surface area (Å²) in [4.78, 5) is 16.7. The number of hydrogen-bond donors (Lipinski definition) is 2. The molecule has 2 saturated carbocycles. The zero-order valence-corrected chi connectivity index (χ0v) is 11.0. The Kier molecular flexibility index (Phi) is 11.4. The standard InChI is InChI=1S/C12H22.2CHNO/c1-3-7-11(8-4-1)12-9-5-2-6-10-12;2*2-1-3/h11-12H,1-10H2;2*2H. The van der Waals surface area contributed by atoms with Gasteiger partial charge in [-0.15, -0.1) is 0 Å². The summed E-state index contributed by atoms with van der Waals surface area (Å²) in [5, 5.41) is 10.8. The van der Waals surface area contributed by atoms with Crippen molar-refractivity contribution in [3.63, 3.8) is 0 Å². The van der Waals surface area contributed by atoms with Crippen LogP contribution in [0.1, 0.15) is 64.2 Å². The molecule has 102 valence electrons. The molecule has 0 spiro atoms. The van der Waals surface area contributed by atoms with E-state index in [1.807, 2.05) is 0 Å². The molecule has 0 atom stereocenters. The molecule has 0 aromatic heterocycles. The predicted octanol–water partition coefficient (Wildman–Crippen LogP) is 3.95. The SMILES string of the molecule is C1CCC(C2CCCCC2)CC1.N=C=O.N=C=O. The van der Waals surface area contributed by atoms with Crippen molar-refractivity contribution in [2.24, 2.45) is 11.8 Å². The summed E-state index contributed by atoms with van der Waals surface area (Å²) in [6.45, 7) is 0. The van der Waals surface area contributed by atoms with Gasteiger partial charge in [-0.3, -0.25) is 0 Å². The second kappa shape index (κ2) is 12.2. The van der Waals surface area contributed by atoms with Crippen LogP contribution >= 0.6 is 0 Å². The Hall–Kier alpha value is -1.24. The van der Waals surface area contributed by atoms with E-state index in [-0.39, 0.29) is 0 Å². The fourth-order valence-corrected chi connectivity index (χ4v) is 3.21. The second-order valence-electron chi connectivity index (χ2n) is 5.00. The molecule has 4 heteroatoms. The van der Waals surface area contributed by atoms with E-state index in [4.69, 9.17) is 20.4 Å². The van der Waals surface area contributed by atoms with Crippen LogP contribution in [-0.2, 0) is 9.59 Å². The van der Waals surface area contributed by atoms with Gasteiger partial charge >= 0.3 is 0 Å². The van der Waals surface area contributed by atoms with Crippen LogP contribution in [0.25, 0.3) is 0 Å². The van der Waals surface area contributed by atoms with E-state index in [1.165, 1.54) is 38.5 Å². The highest BCUT2D eigenvalue weighted by molar-refractivity contribution is 5.26. The third kappa shape index (κ3) is 7.94. The fraction of sp³-hybridized carbons (Fsp3) is 0.857. The smallest absolute Gasteiger partial charge is 0.222 e. The van der Waals surface area contributed by atoms with Crippen molar-refractivity contribution in [3.05, 3.63) is 0 Å². The van der Waals surface area contributed by atoms with Crippen molar-refractivity contribution in [2.45, 2.75) is 64.2 Å². The van der Waals surface area contributed by atoms with Gasteiger partial charge in [0.15, 0.2) is 0 Å². The van der Waals surface area contributed by atoms with Crippen LogP contribution in [0.4, 0.5) is 0 Å². The highest BCUT2D eigenvalue weighted by atomic mass is 16.1. The minimum absolute atomic E-state index is 0.750. The van der Waals surface area contributed by atoms with Gasteiger partial charge in [0, 0.05) is 0 Å². The van der Waals surface area contributed by atoms with Crippen LogP contribution in [0.3, 0.4) is 0 Å². The molecular formula is C14H24N2O2. The molecule has 4 nitrogen and oxygen atoms in total. The molecule has 0 unspecified atom stereocenters. The molecule has 18 heavy (non-hydrogen) atoms. The maximum Gasteiger partial charge on any atom is 0.231 e. The van der Waals surface area contributed by atoms with Crippen LogP contribution in [-0.4, -0.2) is 12.2 Å². The van der Waals surface area contributed by atoms with E-state index in [9.17, 15) is 0 Å². The minimum atomic E-state index is 0.750. The molecular weight excluding hydrogens is 228 g/mol. The molecule has 0 radical (unpaired) electrons. The summed E-state index contributed by atoms with van der Waals surface area (Å²) in [7, 11) is 0. The van der Waals surface area contributed by atoms with Crippen LogP contribution < -0.4 is 0 Å². The first-order chi connectivity index (χ1) is 8.79. The molecule has 2 fully saturated rings. The van der Waals surface area contributed by atoms with E-state index in [1.54, 1.807) is 25.7 Å². The Labute approximate surface area is 109 Å². The van der Waals surface area contributed by atoms with Gasteiger partial charge in [0.25, 0.3) is 0 Å². The third-order valence-electron chi connectivity index (χ3n) is 3.97. The number of nitrogens with one attached hydrogen (secondary N) is 2. The fourth-order valence-electron chi connectivity index (χ4n) is 3.21. The summed E-state index contributed by atoms with van der Waals surface area (Å²) in [6, 6.07) is 0. The topological polar surface area (TPSA) is 81.8 Å². The first-order valence-corrected chi connectivity index (χ1v) is 6.87. The van der Waals surface area contributed by atoms with Gasteiger partial charge in [0.2, 0.25) is 12.2 Å². The van der Waals surface area contributed by atoms with Gasteiger partial charge in [0.1, 0.15) is 0 Å². The lowest BCUT2D eigenvalue weighted by Gasteiger charge is -2.32. The predicted molar refractivity (Wildman–Crippen MR) is 70.0 cm³/mol. The monoisotopic (exact) mass is 252 g/mol. The molecule has 0 aromatic carbocycles. The highest BCUT2D eigenvalue weighted by Crippen LogP contribution is 2.37. The van der Waals surface area contributed by atoms with E-state index in [0.29, 0.717) is 0 Å². The first kappa shape index (κ1) is 16.8. The molecule has 0 amide bonds. The van der Waals surface area contributed by atoms with Crippen LogP contribution in [0, 0.1) is 22.7 Å². The third-order valence-corrected chi connectivity index (χ3v) is 3.97. The molecule has 0 aromatic rings. The largest absolute Gasteiger partial charge is 0.231 e. The Morgan fingerprint density at radius 1 is 0.611 bits per heavy atom. The molecule has 2 aliphatic rings. The normalized spacial score (nSPS) is 20.2. The van der Waals surface area contributed by atoms with Gasteiger partial charge in [0.05, 0.1) is 0 Å². The number of hydrogen-bond acceptors (Lipinski definition) is 4. The zero-order valence-electron chi connectivity index (χ0n) is 11.0. The molecule has 2 aliphatic carbocycles. The average molecular weight is 252 g/mol. The summed E-state index contributed by atoms with van der Waals surface area (Å²) in [5.74, 6) is 2.28. The highest BCUT2D eigenvalue weighted by Gasteiger charge is 2.24. The van der Waals surface area contributed by atoms with Crippen molar-refractivity contribution in [1.29, 1.82) is 10.8 Å². The molecule has 2 rings (SSSR count). The lowest BCUT2D eigenvalue weighted by molar-refractivity contribution is 0.196. The van der Waals surface area contributed by atoms with Crippen LogP contribution in [0.15, 0.2) is 0 Å². The van der Waals surface area contributed by atoms with Crippen LogP contribution in [0.2, 0.25) is 0 Å². The van der Waals surface area contributed by atoms with Gasteiger partial charge in [-0.2, -0.15) is 0 Å². The molecule has 0 saturated heterocycles. The Morgan fingerprint density at radius 2 is 0.833 bits per heavy atom. The first-order valence-electron chi connectivity index (χ1n) is 6.87. The van der Waals surface area contributed by atoms with Crippen molar-refractivity contribution in [3.8, 4) is 0 Å². The number of isocyanates is 2. The van der Waals surface area contributed by atoms with E-state index < -0.39 is 0 Å². The van der Waals surface area contributed by atoms with Gasteiger partial charge in [-0.05, 0) is 11.8 Å². The lowest BCUT2D eigenvalue weighted by atomic mass is 9.73. The molecule has 0 bridgehead atoms. The van der Waals surface area contributed by atoms with E-state index >= 15 is 0 Å². The van der Waals surface area contributed by atoms with Crippen LogP contribution in [0.5, 0.6) is 0 Å². The van der Waals surface area contributed by atoms with E-state index in [0.717, 1.165) is 24.0 Å². The van der Waals surface area contributed by atoms with Gasteiger partial charge < -0.3 is 0 Å². The number of rotatable bonds is 1. The lowest BCUT2D eigenvalue weighted by Crippen LogP contribution is -2.20. The van der Waals surface area contributed by atoms with Crippen molar-refractivity contribution < 1.29 is 9.59 Å².